The summed E-state index contributed by atoms with van der Waals surface area (Å²) in [6.45, 7) is 0. The van der Waals surface area contributed by atoms with Crippen LogP contribution in [0.2, 0.25) is 0 Å². The van der Waals surface area contributed by atoms with Crippen LogP contribution in [0.25, 0.3) is 105 Å². The maximum Gasteiger partial charge on any atom is 0.145 e. The molecule has 8 aromatic carbocycles. The normalized spacial score (nSPS) is 11.8. The molecule has 4 heteroatoms. The summed E-state index contributed by atoms with van der Waals surface area (Å²) in [7, 11) is 0. The van der Waals surface area contributed by atoms with Gasteiger partial charge in [0.05, 0.1) is 33.5 Å². The molecule has 0 aliphatic heterocycles. The van der Waals surface area contributed by atoms with Gasteiger partial charge < -0.3 is 0 Å². The van der Waals surface area contributed by atoms with E-state index in [1.54, 1.807) is 0 Å². The predicted molar refractivity (Wildman–Crippen MR) is 220 cm³/mol. The van der Waals surface area contributed by atoms with Gasteiger partial charge in [-0.15, -0.1) is 0 Å². The first kappa shape index (κ1) is 29.5. The monoisotopic (exact) mass is 674 g/mol. The molecule has 0 amide bonds. The molecule has 0 radical (unpaired) electrons. The van der Waals surface area contributed by atoms with Crippen LogP contribution < -0.4 is 0 Å². The zero-order valence-corrected chi connectivity index (χ0v) is 28.6. The van der Waals surface area contributed by atoms with E-state index in [9.17, 15) is 0 Å². The summed E-state index contributed by atoms with van der Waals surface area (Å²) in [6.07, 6.45) is 0. The van der Waals surface area contributed by atoms with Gasteiger partial charge in [0.25, 0.3) is 0 Å². The summed E-state index contributed by atoms with van der Waals surface area (Å²) in [5, 5.41) is 9.69. The third-order valence-corrected chi connectivity index (χ3v) is 10.6. The van der Waals surface area contributed by atoms with Gasteiger partial charge in [-0.3, -0.25) is 4.57 Å². The number of aromatic nitrogens is 4. The molecule has 0 bridgehead atoms. The van der Waals surface area contributed by atoms with E-state index >= 15 is 0 Å². The van der Waals surface area contributed by atoms with Gasteiger partial charge in [0, 0.05) is 33.2 Å². The molecular weight excluding hydrogens is 645 g/mol. The van der Waals surface area contributed by atoms with Crippen molar-refractivity contribution in [2.24, 2.45) is 0 Å². The lowest BCUT2D eigenvalue weighted by Crippen LogP contribution is -1.97. The van der Waals surface area contributed by atoms with E-state index < -0.39 is 0 Å². The molecule has 246 valence electrons. The van der Waals surface area contributed by atoms with Crippen LogP contribution in [-0.4, -0.2) is 19.5 Å². The minimum absolute atomic E-state index is 0.897. The van der Waals surface area contributed by atoms with Crippen LogP contribution in [0.1, 0.15) is 0 Å². The first-order chi connectivity index (χ1) is 26.3. The molecule has 11 rings (SSSR count). The molecule has 0 saturated heterocycles. The molecule has 0 unspecified atom stereocenters. The van der Waals surface area contributed by atoms with Crippen molar-refractivity contribution in [2.75, 3.05) is 0 Å². The van der Waals surface area contributed by atoms with Crippen molar-refractivity contribution in [3.63, 3.8) is 0 Å². The number of imidazole rings is 1. The zero-order valence-electron chi connectivity index (χ0n) is 28.6. The smallest absolute Gasteiger partial charge is 0.145 e. The van der Waals surface area contributed by atoms with Gasteiger partial charge >= 0.3 is 0 Å². The highest BCUT2D eigenvalue weighted by atomic mass is 15.1. The number of fused-ring (bicyclic) bond motifs is 10. The predicted octanol–water partition coefficient (Wildman–Crippen LogP) is 12.6. The molecule has 0 aliphatic carbocycles. The van der Waals surface area contributed by atoms with Crippen molar-refractivity contribution in [3.8, 4) is 39.6 Å². The number of para-hydroxylation sites is 3. The van der Waals surface area contributed by atoms with Gasteiger partial charge in [0.2, 0.25) is 0 Å². The largest absolute Gasteiger partial charge is 0.292 e. The minimum Gasteiger partial charge on any atom is -0.292 e. The molecule has 0 spiro atoms. The molecule has 0 N–H and O–H groups in total. The van der Waals surface area contributed by atoms with Crippen molar-refractivity contribution < 1.29 is 0 Å². The molecular formula is C49H30N4. The van der Waals surface area contributed by atoms with Gasteiger partial charge in [-0.25, -0.2) is 15.0 Å². The highest BCUT2D eigenvalue weighted by molar-refractivity contribution is 6.25. The van der Waals surface area contributed by atoms with Gasteiger partial charge in [0.15, 0.2) is 0 Å². The summed E-state index contributed by atoms with van der Waals surface area (Å²) in [6, 6.07) is 64.3. The van der Waals surface area contributed by atoms with Crippen LogP contribution in [0.15, 0.2) is 182 Å². The van der Waals surface area contributed by atoms with Gasteiger partial charge in [-0.05, 0) is 74.8 Å². The molecule has 3 heterocycles. The van der Waals surface area contributed by atoms with E-state index in [2.05, 4.69) is 174 Å². The Balaban J connectivity index is 1.01. The third kappa shape index (κ3) is 4.73. The number of rotatable bonds is 4. The summed E-state index contributed by atoms with van der Waals surface area (Å²) in [5.41, 5.74) is 9.95. The topological polar surface area (TPSA) is 43.6 Å². The number of benzene rings is 8. The second-order valence-electron chi connectivity index (χ2n) is 13.6. The molecule has 0 atom stereocenters. The number of pyridine rings is 2. The summed E-state index contributed by atoms with van der Waals surface area (Å²) >= 11 is 0. The van der Waals surface area contributed by atoms with Gasteiger partial charge in [-0.1, -0.05) is 140 Å². The Morgan fingerprint density at radius 3 is 1.49 bits per heavy atom. The molecule has 0 aliphatic rings. The van der Waals surface area contributed by atoms with Crippen LogP contribution in [0.4, 0.5) is 0 Å². The second-order valence-corrected chi connectivity index (χ2v) is 13.6. The van der Waals surface area contributed by atoms with Gasteiger partial charge in [-0.2, -0.15) is 0 Å². The quantitative estimate of drug-likeness (QED) is 0.175. The molecule has 0 fully saturated rings. The van der Waals surface area contributed by atoms with Crippen molar-refractivity contribution in [1.29, 1.82) is 0 Å². The van der Waals surface area contributed by atoms with Crippen LogP contribution in [0, 0.1) is 0 Å². The van der Waals surface area contributed by atoms with Crippen LogP contribution in [0.5, 0.6) is 0 Å². The van der Waals surface area contributed by atoms with Crippen molar-refractivity contribution >= 4 is 65.2 Å². The Kier molecular flexibility index (Phi) is 6.52. The standard InChI is InChI=1S/C49H30N4/c1-2-10-36(11-3-1)53-46-17-9-8-16-45(46)52-49(53)34-22-18-31(19-23-34)43-28-25-32-20-21-33-26-29-44(51-48(33)47(32)50-43)35-24-27-41-39-14-5-4-12-37(39)38-13-6-7-15-40(38)42(41)30-35/h1-30H. The molecule has 3 aromatic heterocycles. The van der Waals surface area contributed by atoms with Crippen molar-refractivity contribution in [3.05, 3.63) is 182 Å². The van der Waals surface area contributed by atoms with Crippen LogP contribution >= 0.6 is 0 Å². The second kappa shape index (κ2) is 11.7. The summed E-state index contributed by atoms with van der Waals surface area (Å²) in [5.74, 6) is 0.910. The maximum atomic E-state index is 5.30. The highest BCUT2D eigenvalue weighted by Crippen LogP contribution is 2.38. The fourth-order valence-corrected chi connectivity index (χ4v) is 8.00. The minimum atomic E-state index is 0.897. The van der Waals surface area contributed by atoms with E-state index in [4.69, 9.17) is 15.0 Å². The SMILES string of the molecule is c1ccc(-n2c(-c3ccc(-c4ccc5ccc6ccc(-c7ccc8c9ccccc9c9ccccc9c8c7)nc6c5n4)cc3)nc3ccccc32)cc1. The van der Waals surface area contributed by atoms with E-state index in [0.717, 1.165) is 72.4 Å². The first-order valence-electron chi connectivity index (χ1n) is 17.9. The van der Waals surface area contributed by atoms with E-state index in [1.807, 2.05) is 12.1 Å². The first-order valence-corrected chi connectivity index (χ1v) is 17.9. The zero-order chi connectivity index (χ0) is 34.9. The van der Waals surface area contributed by atoms with E-state index in [-0.39, 0.29) is 0 Å². The molecule has 53 heavy (non-hydrogen) atoms. The lowest BCUT2D eigenvalue weighted by atomic mass is 9.93. The average Bonchev–Trinajstić information content (AvgIpc) is 3.63. The summed E-state index contributed by atoms with van der Waals surface area (Å²) in [4.78, 5) is 15.6. The molecule has 11 aromatic rings. The Bertz CT molecular complexity index is 3180. The number of hydrogen-bond donors (Lipinski definition) is 0. The van der Waals surface area contributed by atoms with E-state index in [1.165, 1.54) is 32.3 Å². The fourth-order valence-electron chi connectivity index (χ4n) is 8.00. The van der Waals surface area contributed by atoms with Crippen LogP contribution in [-0.2, 0) is 0 Å². The third-order valence-electron chi connectivity index (χ3n) is 10.6. The average molecular weight is 675 g/mol. The highest BCUT2D eigenvalue weighted by Gasteiger charge is 2.16. The maximum absolute atomic E-state index is 5.30. The summed E-state index contributed by atoms with van der Waals surface area (Å²) < 4.78 is 2.23. The van der Waals surface area contributed by atoms with E-state index in [0.29, 0.717) is 0 Å². The van der Waals surface area contributed by atoms with Gasteiger partial charge in [0.1, 0.15) is 5.82 Å². The number of nitrogens with zero attached hydrogens (tertiary/aromatic N) is 4. The molecule has 4 nitrogen and oxygen atoms in total. The lowest BCUT2D eigenvalue weighted by molar-refractivity contribution is 1.10. The number of hydrogen-bond acceptors (Lipinski definition) is 3. The Labute approximate surface area is 305 Å². The lowest BCUT2D eigenvalue weighted by Gasteiger charge is -2.12. The Morgan fingerprint density at radius 2 is 0.830 bits per heavy atom. The molecule has 0 saturated carbocycles. The van der Waals surface area contributed by atoms with Crippen molar-refractivity contribution in [1.82, 2.24) is 19.5 Å². The Morgan fingerprint density at radius 1 is 0.340 bits per heavy atom. The Hall–Kier alpha value is -7.17. The van der Waals surface area contributed by atoms with Crippen molar-refractivity contribution in [2.45, 2.75) is 0 Å². The fraction of sp³-hybridized carbons (Fsp3) is 0. The van der Waals surface area contributed by atoms with Crippen LogP contribution in [0.3, 0.4) is 0 Å².